The first kappa shape index (κ1) is 15.6. The predicted octanol–water partition coefficient (Wildman–Crippen LogP) is 3.55. The summed E-state index contributed by atoms with van der Waals surface area (Å²) in [4.78, 5) is 12.1. The third-order valence-corrected chi connectivity index (χ3v) is 4.30. The summed E-state index contributed by atoms with van der Waals surface area (Å²) >= 11 is 6.79. The molecule has 4 nitrogen and oxygen atoms in total. The standard InChI is InChI=1S/C17H16N4S2/c1-4-6-11(5-2)14-15(12-7-8-23-9-12)19-13-10(3)18-17(22)21-16(13)20-14/h4-9H,3H2,1-2H3,(H2,18,20,21,22)/b6-4-,11-5+. The number of nitrogens with one attached hydrogen (secondary N) is 2. The van der Waals surface area contributed by atoms with Gasteiger partial charge in [0.05, 0.1) is 16.7 Å². The summed E-state index contributed by atoms with van der Waals surface area (Å²) in [5.74, 6) is 0.636. The largest absolute Gasteiger partial charge is 0.336 e. The van der Waals surface area contributed by atoms with E-state index in [1.165, 1.54) is 0 Å². The van der Waals surface area contributed by atoms with Crippen LogP contribution in [-0.2, 0) is 0 Å². The first-order valence-corrected chi connectivity index (χ1v) is 8.50. The van der Waals surface area contributed by atoms with Gasteiger partial charge in [0.1, 0.15) is 5.36 Å². The van der Waals surface area contributed by atoms with Gasteiger partial charge in [-0.25, -0.2) is 9.98 Å². The lowest BCUT2D eigenvalue weighted by Crippen LogP contribution is -2.34. The lowest BCUT2D eigenvalue weighted by Gasteiger charge is -2.19. The fraction of sp³-hybridized carbons (Fsp3) is 0.118. The van der Waals surface area contributed by atoms with Crippen molar-refractivity contribution in [1.82, 2.24) is 9.97 Å². The van der Waals surface area contributed by atoms with E-state index in [0.717, 1.165) is 22.5 Å². The van der Waals surface area contributed by atoms with Crippen LogP contribution in [0.25, 0.3) is 12.3 Å². The Kier molecular flexibility index (Phi) is 4.36. The smallest absolute Gasteiger partial charge is 0.199 e. The van der Waals surface area contributed by atoms with E-state index < -0.39 is 0 Å². The van der Waals surface area contributed by atoms with Gasteiger partial charge in [-0.1, -0.05) is 24.8 Å². The summed E-state index contributed by atoms with van der Waals surface area (Å²) in [6, 6.07) is 2.06. The van der Waals surface area contributed by atoms with Gasteiger partial charge in [-0.15, -0.1) is 0 Å². The SMILES string of the molecule is C=c1[nH]c(=S)nc2c1=NC(c1ccsc1)=C(C(/C=C\C)=C/C)N2. The fourth-order valence-corrected chi connectivity index (χ4v) is 3.24. The van der Waals surface area contributed by atoms with Gasteiger partial charge in [0.2, 0.25) is 0 Å². The van der Waals surface area contributed by atoms with Crippen LogP contribution in [0.1, 0.15) is 19.4 Å². The number of fused-ring (bicyclic) bond motifs is 1. The Labute approximate surface area is 143 Å². The molecule has 116 valence electrons. The molecule has 6 heteroatoms. The van der Waals surface area contributed by atoms with Crippen molar-refractivity contribution in [3.05, 3.63) is 67.4 Å². The molecule has 1 aliphatic heterocycles. The van der Waals surface area contributed by atoms with Crippen molar-refractivity contribution in [2.24, 2.45) is 4.99 Å². The first-order valence-electron chi connectivity index (χ1n) is 7.15. The number of hydrogen-bond acceptors (Lipinski definition) is 5. The molecule has 0 fully saturated rings. The van der Waals surface area contributed by atoms with Crippen LogP contribution in [-0.4, -0.2) is 9.97 Å². The summed E-state index contributed by atoms with van der Waals surface area (Å²) < 4.78 is 0.392. The zero-order chi connectivity index (χ0) is 16.4. The highest BCUT2D eigenvalue weighted by atomic mass is 32.1. The summed E-state index contributed by atoms with van der Waals surface area (Å²) in [5, 5.41) is 8.86. The highest BCUT2D eigenvalue weighted by Gasteiger charge is 2.18. The maximum absolute atomic E-state index is 5.15. The quantitative estimate of drug-likeness (QED) is 0.664. The lowest BCUT2D eigenvalue weighted by atomic mass is 10.1. The number of aromatic amines is 1. The third-order valence-electron chi connectivity index (χ3n) is 3.43. The molecular weight excluding hydrogens is 324 g/mol. The van der Waals surface area contributed by atoms with Crippen molar-refractivity contribution in [3.8, 4) is 0 Å². The van der Waals surface area contributed by atoms with E-state index in [2.05, 4.69) is 33.3 Å². The van der Waals surface area contributed by atoms with E-state index in [1.54, 1.807) is 11.3 Å². The number of H-pyrrole nitrogens is 1. The molecule has 0 aliphatic carbocycles. The topological polar surface area (TPSA) is 53.1 Å². The molecule has 0 saturated heterocycles. The molecule has 0 unspecified atom stereocenters. The Balaban J connectivity index is 2.33. The highest BCUT2D eigenvalue weighted by Crippen LogP contribution is 2.29. The van der Waals surface area contributed by atoms with E-state index in [4.69, 9.17) is 17.2 Å². The minimum atomic E-state index is 0.392. The van der Waals surface area contributed by atoms with Crippen LogP contribution < -0.4 is 16.0 Å². The van der Waals surface area contributed by atoms with Gasteiger partial charge in [0.25, 0.3) is 0 Å². The second-order valence-electron chi connectivity index (χ2n) is 4.93. The van der Waals surface area contributed by atoms with Crippen LogP contribution in [0.4, 0.5) is 5.82 Å². The Bertz CT molecular complexity index is 992. The molecule has 0 atom stereocenters. The van der Waals surface area contributed by atoms with Crippen LogP contribution in [0.3, 0.4) is 0 Å². The van der Waals surface area contributed by atoms with Gasteiger partial charge in [-0.05, 0) is 43.1 Å². The molecule has 0 saturated carbocycles. The van der Waals surface area contributed by atoms with Crippen molar-refractivity contribution < 1.29 is 0 Å². The minimum absolute atomic E-state index is 0.392. The van der Waals surface area contributed by atoms with Crippen LogP contribution in [0.15, 0.2) is 51.3 Å². The van der Waals surface area contributed by atoms with Gasteiger partial charge in [0, 0.05) is 10.9 Å². The van der Waals surface area contributed by atoms with Gasteiger partial charge in [-0.3, -0.25) is 0 Å². The van der Waals surface area contributed by atoms with Crippen molar-refractivity contribution in [3.63, 3.8) is 0 Å². The Morgan fingerprint density at radius 2 is 2.22 bits per heavy atom. The van der Waals surface area contributed by atoms with Gasteiger partial charge < -0.3 is 10.3 Å². The zero-order valence-electron chi connectivity index (χ0n) is 12.9. The molecule has 0 radical (unpaired) electrons. The van der Waals surface area contributed by atoms with Crippen molar-refractivity contribution >= 4 is 41.6 Å². The molecule has 0 amide bonds. The average molecular weight is 340 g/mol. The van der Waals surface area contributed by atoms with Gasteiger partial charge in [0.15, 0.2) is 10.6 Å². The molecule has 0 aromatic carbocycles. The summed E-state index contributed by atoms with van der Waals surface area (Å²) in [7, 11) is 0. The fourth-order valence-electron chi connectivity index (χ4n) is 2.39. The maximum atomic E-state index is 5.15. The van der Waals surface area contributed by atoms with E-state index in [0.29, 0.717) is 21.3 Å². The normalized spacial score (nSPS) is 14.6. The average Bonchev–Trinajstić information content (AvgIpc) is 3.05. The van der Waals surface area contributed by atoms with E-state index in [1.807, 2.05) is 37.5 Å². The van der Waals surface area contributed by atoms with Crippen molar-refractivity contribution in [1.29, 1.82) is 0 Å². The zero-order valence-corrected chi connectivity index (χ0v) is 14.5. The first-order chi connectivity index (χ1) is 11.1. The molecule has 3 rings (SSSR count). The predicted molar refractivity (Wildman–Crippen MR) is 99.2 cm³/mol. The molecule has 23 heavy (non-hydrogen) atoms. The van der Waals surface area contributed by atoms with Gasteiger partial charge in [-0.2, -0.15) is 11.3 Å². The minimum Gasteiger partial charge on any atom is -0.336 e. The van der Waals surface area contributed by atoms with E-state index in [9.17, 15) is 0 Å². The monoisotopic (exact) mass is 340 g/mol. The molecular formula is C17H16N4S2. The number of nitrogens with zero attached hydrogens (tertiary/aromatic N) is 2. The van der Waals surface area contributed by atoms with Gasteiger partial charge >= 0.3 is 0 Å². The van der Waals surface area contributed by atoms with Crippen LogP contribution in [0.5, 0.6) is 0 Å². The Hall–Kier alpha value is -2.31. The van der Waals surface area contributed by atoms with Crippen LogP contribution in [0.2, 0.25) is 0 Å². The summed E-state index contributed by atoms with van der Waals surface area (Å²) in [6.07, 6.45) is 6.09. The molecule has 1 aliphatic rings. The molecule has 0 spiro atoms. The molecule has 3 heterocycles. The number of allylic oxidation sites excluding steroid dienone is 3. The third kappa shape index (κ3) is 2.95. The Morgan fingerprint density at radius 1 is 1.39 bits per heavy atom. The number of thiophene rings is 1. The Morgan fingerprint density at radius 3 is 2.87 bits per heavy atom. The molecule has 2 N–H and O–H groups in total. The van der Waals surface area contributed by atoms with Crippen LogP contribution >= 0.6 is 23.6 Å². The van der Waals surface area contributed by atoms with E-state index >= 15 is 0 Å². The second-order valence-corrected chi connectivity index (χ2v) is 6.10. The summed E-state index contributed by atoms with van der Waals surface area (Å²) in [6.45, 7) is 7.99. The molecule has 2 aromatic heterocycles. The van der Waals surface area contributed by atoms with Crippen molar-refractivity contribution in [2.45, 2.75) is 13.8 Å². The molecule has 2 aromatic rings. The highest BCUT2D eigenvalue weighted by molar-refractivity contribution is 7.71. The molecule has 0 bridgehead atoms. The van der Waals surface area contributed by atoms with Crippen molar-refractivity contribution in [2.75, 3.05) is 5.32 Å². The number of rotatable bonds is 3. The number of aromatic nitrogens is 2. The lowest BCUT2D eigenvalue weighted by molar-refractivity contribution is 1.03. The maximum Gasteiger partial charge on any atom is 0.199 e. The number of anilines is 1. The van der Waals surface area contributed by atoms with Crippen LogP contribution in [0, 0.1) is 4.77 Å². The van der Waals surface area contributed by atoms with E-state index in [-0.39, 0.29) is 0 Å². The summed E-state index contributed by atoms with van der Waals surface area (Å²) in [5.41, 5.74) is 3.91. The number of hydrogen-bond donors (Lipinski definition) is 2. The second kappa shape index (κ2) is 6.44.